The van der Waals surface area contributed by atoms with Gasteiger partial charge in [-0.05, 0) is 37.0 Å². The Morgan fingerprint density at radius 2 is 1.88 bits per heavy atom. The number of nitrogens with one attached hydrogen (secondary N) is 3. The zero-order valence-electron chi connectivity index (χ0n) is 13.8. The number of carbonyl (C=O) groups is 2. The van der Waals surface area contributed by atoms with Crippen molar-refractivity contribution in [1.29, 1.82) is 0 Å². The van der Waals surface area contributed by atoms with Crippen molar-refractivity contribution in [3.05, 3.63) is 28.2 Å². The van der Waals surface area contributed by atoms with E-state index in [2.05, 4.69) is 32.1 Å². The molecule has 0 aliphatic carbocycles. The van der Waals surface area contributed by atoms with Crippen molar-refractivity contribution in [2.75, 3.05) is 5.43 Å². The van der Waals surface area contributed by atoms with Gasteiger partial charge in [0.15, 0.2) is 0 Å². The number of amides is 2. The highest BCUT2D eigenvalue weighted by molar-refractivity contribution is 9.10. The topological polar surface area (TPSA) is 70.2 Å². The highest BCUT2D eigenvalue weighted by Crippen LogP contribution is 2.24. The van der Waals surface area contributed by atoms with Crippen molar-refractivity contribution >= 4 is 56.6 Å². The van der Waals surface area contributed by atoms with Crippen molar-refractivity contribution < 1.29 is 9.59 Å². The van der Waals surface area contributed by atoms with Crippen LogP contribution in [0.2, 0.25) is 10.0 Å². The summed E-state index contributed by atoms with van der Waals surface area (Å²) in [6.07, 6.45) is 1.16. The molecular weight excluding hydrogens is 417 g/mol. The molecule has 1 aromatic carbocycles. The largest absolute Gasteiger partial charge is 0.343 e. The van der Waals surface area contributed by atoms with E-state index in [-0.39, 0.29) is 22.6 Å². The molecule has 0 heterocycles. The molecule has 3 N–H and O–H groups in total. The summed E-state index contributed by atoms with van der Waals surface area (Å²) in [5.41, 5.74) is 5.86. The van der Waals surface area contributed by atoms with E-state index >= 15 is 0 Å². The van der Waals surface area contributed by atoms with Crippen LogP contribution in [0.4, 0.5) is 5.69 Å². The first-order chi connectivity index (χ1) is 11.2. The number of hydrogen-bond donors (Lipinski definition) is 3. The number of rotatable bonds is 8. The van der Waals surface area contributed by atoms with Gasteiger partial charge in [0.1, 0.15) is 6.04 Å². The maximum absolute atomic E-state index is 12.4. The van der Waals surface area contributed by atoms with Crippen LogP contribution in [0, 0.1) is 5.92 Å². The molecule has 1 rings (SSSR count). The third kappa shape index (κ3) is 6.87. The molecular formula is C16H22BrCl2N3O2. The molecule has 134 valence electrons. The molecule has 0 aliphatic rings. The number of carbonyl (C=O) groups excluding carboxylic acids is 2. The summed E-state index contributed by atoms with van der Waals surface area (Å²) in [5.74, 6) is -0.294. The maximum atomic E-state index is 12.4. The van der Waals surface area contributed by atoms with Gasteiger partial charge in [0.25, 0.3) is 5.91 Å². The number of alkyl halides is 1. The molecule has 0 radical (unpaired) electrons. The minimum atomic E-state index is -0.636. The molecule has 8 heteroatoms. The summed E-state index contributed by atoms with van der Waals surface area (Å²) in [5, 5.41) is 3.66. The number of halogens is 3. The van der Waals surface area contributed by atoms with Gasteiger partial charge in [0.05, 0.1) is 15.5 Å². The van der Waals surface area contributed by atoms with Crippen molar-refractivity contribution in [2.45, 2.75) is 44.5 Å². The first kappa shape index (κ1) is 21.1. The van der Waals surface area contributed by atoms with E-state index in [0.717, 1.165) is 0 Å². The predicted molar refractivity (Wildman–Crippen MR) is 103 cm³/mol. The second-order valence-electron chi connectivity index (χ2n) is 5.80. The van der Waals surface area contributed by atoms with Gasteiger partial charge in [-0.2, -0.15) is 0 Å². The van der Waals surface area contributed by atoms with Crippen LogP contribution in [-0.4, -0.2) is 22.7 Å². The Morgan fingerprint density at radius 3 is 2.42 bits per heavy atom. The third-order valence-electron chi connectivity index (χ3n) is 3.23. The van der Waals surface area contributed by atoms with Crippen molar-refractivity contribution in [3.63, 3.8) is 0 Å². The fourth-order valence-corrected chi connectivity index (χ4v) is 2.55. The molecule has 0 spiro atoms. The van der Waals surface area contributed by atoms with Crippen LogP contribution >= 0.6 is 39.1 Å². The van der Waals surface area contributed by atoms with E-state index in [1.165, 1.54) is 0 Å². The first-order valence-electron chi connectivity index (χ1n) is 7.70. The molecule has 0 saturated heterocycles. The monoisotopic (exact) mass is 437 g/mol. The first-order valence-corrected chi connectivity index (χ1v) is 9.37. The Kier molecular flexibility index (Phi) is 8.87. The highest BCUT2D eigenvalue weighted by atomic mass is 79.9. The third-order valence-corrected chi connectivity index (χ3v) is 4.85. The Balaban J connectivity index is 2.71. The molecule has 0 aromatic heterocycles. The van der Waals surface area contributed by atoms with Gasteiger partial charge in [-0.1, -0.05) is 59.9 Å². The molecule has 1 aromatic rings. The zero-order valence-corrected chi connectivity index (χ0v) is 16.9. The van der Waals surface area contributed by atoms with Gasteiger partial charge in [0.2, 0.25) is 5.91 Å². The summed E-state index contributed by atoms with van der Waals surface area (Å²) >= 11 is 15.2. The molecule has 2 atom stereocenters. The highest BCUT2D eigenvalue weighted by Gasteiger charge is 2.24. The van der Waals surface area contributed by atoms with Crippen LogP contribution in [0.15, 0.2) is 18.2 Å². The van der Waals surface area contributed by atoms with Crippen molar-refractivity contribution in [2.24, 2.45) is 5.92 Å². The molecule has 0 fully saturated rings. The van der Waals surface area contributed by atoms with Crippen LogP contribution in [0.5, 0.6) is 0 Å². The fraction of sp³-hybridized carbons (Fsp3) is 0.500. The lowest BCUT2D eigenvalue weighted by molar-refractivity contribution is -0.128. The Hall–Kier alpha value is -0.980. The standard InChI is InChI=1S/C16H22BrCl2N3O2/c1-4-11(17)15(23)20-14(7-9(2)3)16(24)22-21-13-6-5-10(18)8-12(13)19/h5-6,8-9,11,14,21H,4,7H2,1-3H3,(H,20,23)(H,22,24). The minimum absolute atomic E-state index is 0.206. The second-order valence-corrected chi connectivity index (χ2v) is 7.75. The fourth-order valence-electron chi connectivity index (χ4n) is 1.96. The smallest absolute Gasteiger partial charge is 0.260 e. The van der Waals surface area contributed by atoms with Crippen molar-refractivity contribution in [3.8, 4) is 0 Å². The molecule has 0 saturated carbocycles. The van der Waals surface area contributed by atoms with Gasteiger partial charge < -0.3 is 5.32 Å². The van der Waals surface area contributed by atoms with E-state index in [1.807, 2.05) is 20.8 Å². The lowest BCUT2D eigenvalue weighted by Crippen LogP contribution is -2.50. The van der Waals surface area contributed by atoms with Crippen LogP contribution in [0.25, 0.3) is 0 Å². The van der Waals surface area contributed by atoms with E-state index in [0.29, 0.717) is 28.6 Å². The van der Waals surface area contributed by atoms with Crippen LogP contribution in [0.3, 0.4) is 0 Å². The SMILES string of the molecule is CCC(Br)C(=O)NC(CC(C)C)C(=O)NNc1ccc(Cl)cc1Cl. The summed E-state index contributed by atoms with van der Waals surface area (Å²) in [6.45, 7) is 5.86. The Bertz CT molecular complexity index is 584. The van der Waals surface area contributed by atoms with Gasteiger partial charge >= 0.3 is 0 Å². The minimum Gasteiger partial charge on any atom is -0.343 e. The van der Waals surface area contributed by atoms with Crippen LogP contribution in [0.1, 0.15) is 33.6 Å². The molecule has 2 amide bonds. The number of anilines is 1. The summed E-state index contributed by atoms with van der Waals surface area (Å²) < 4.78 is 0. The molecule has 5 nitrogen and oxygen atoms in total. The van der Waals surface area contributed by atoms with E-state index < -0.39 is 6.04 Å². The van der Waals surface area contributed by atoms with E-state index in [9.17, 15) is 9.59 Å². The van der Waals surface area contributed by atoms with E-state index in [4.69, 9.17) is 23.2 Å². The number of hydrazine groups is 1. The molecule has 2 unspecified atom stereocenters. The quantitative estimate of drug-likeness (QED) is 0.422. The molecule has 24 heavy (non-hydrogen) atoms. The molecule has 0 bridgehead atoms. The number of benzene rings is 1. The summed E-state index contributed by atoms with van der Waals surface area (Å²) in [7, 11) is 0. The number of hydrogen-bond acceptors (Lipinski definition) is 3. The maximum Gasteiger partial charge on any atom is 0.260 e. The van der Waals surface area contributed by atoms with Crippen LogP contribution in [-0.2, 0) is 9.59 Å². The zero-order chi connectivity index (χ0) is 18.3. The normalized spacial score (nSPS) is 13.3. The average molecular weight is 439 g/mol. The van der Waals surface area contributed by atoms with Gasteiger partial charge in [-0.15, -0.1) is 0 Å². The predicted octanol–water partition coefficient (Wildman–Crippen LogP) is 4.14. The van der Waals surface area contributed by atoms with E-state index in [1.54, 1.807) is 18.2 Å². The summed E-state index contributed by atoms with van der Waals surface area (Å²) in [4.78, 5) is 24.1. The Morgan fingerprint density at radius 1 is 1.21 bits per heavy atom. The summed E-state index contributed by atoms with van der Waals surface area (Å²) in [6, 6.07) is 4.25. The lowest BCUT2D eigenvalue weighted by atomic mass is 10.0. The van der Waals surface area contributed by atoms with Gasteiger partial charge in [-0.3, -0.25) is 20.4 Å². The molecule has 0 aliphatic heterocycles. The van der Waals surface area contributed by atoms with Gasteiger partial charge in [0, 0.05) is 5.02 Å². The lowest BCUT2D eigenvalue weighted by Gasteiger charge is -2.22. The van der Waals surface area contributed by atoms with Gasteiger partial charge in [-0.25, -0.2) is 0 Å². The van der Waals surface area contributed by atoms with Crippen molar-refractivity contribution in [1.82, 2.24) is 10.7 Å². The average Bonchev–Trinajstić information content (AvgIpc) is 2.51. The van der Waals surface area contributed by atoms with Crippen LogP contribution < -0.4 is 16.2 Å². The Labute approximate surface area is 160 Å². The second kappa shape index (κ2) is 10.1.